The Kier molecular flexibility index (Phi) is 4.09. The van der Waals surface area contributed by atoms with Gasteiger partial charge in [0.15, 0.2) is 5.65 Å². The van der Waals surface area contributed by atoms with Crippen molar-refractivity contribution >= 4 is 21.1 Å². The average Bonchev–Trinajstić information content (AvgIpc) is 2.94. The Labute approximate surface area is 142 Å². The highest BCUT2D eigenvalue weighted by molar-refractivity contribution is 7.90. The van der Waals surface area contributed by atoms with E-state index in [2.05, 4.69) is 4.98 Å². The van der Waals surface area contributed by atoms with E-state index in [0.717, 1.165) is 16.5 Å². The molecule has 3 rings (SSSR count). The Bertz CT molecular complexity index is 987. The van der Waals surface area contributed by atoms with E-state index >= 15 is 0 Å². The van der Waals surface area contributed by atoms with Gasteiger partial charge in [-0.3, -0.25) is 0 Å². The number of rotatable bonds is 4. The van der Waals surface area contributed by atoms with Crippen molar-refractivity contribution in [1.82, 2.24) is 8.96 Å². The molecule has 0 N–H and O–H groups in total. The van der Waals surface area contributed by atoms with E-state index in [9.17, 15) is 8.42 Å². The van der Waals surface area contributed by atoms with Crippen LogP contribution < -0.4 is 4.74 Å². The monoisotopic (exact) mass is 344 g/mol. The van der Waals surface area contributed by atoms with E-state index in [-0.39, 0.29) is 10.8 Å². The molecule has 0 unspecified atom stereocenters. The Morgan fingerprint density at radius 3 is 2.42 bits per heavy atom. The summed E-state index contributed by atoms with van der Waals surface area (Å²) < 4.78 is 32.6. The van der Waals surface area contributed by atoms with Crippen molar-refractivity contribution in [3.05, 3.63) is 53.9 Å². The normalized spacial score (nSPS) is 12.0. The van der Waals surface area contributed by atoms with Gasteiger partial charge < -0.3 is 4.74 Å². The fourth-order valence-electron chi connectivity index (χ4n) is 2.66. The van der Waals surface area contributed by atoms with Crippen molar-refractivity contribution < 1.29 is 13.2 Å². The first-order valence-electron chi connectivity index (χ1n) is 7.72. The molecule has 0 aliphatic heterocycles. The molecule has 5 nitrogen and oxygen atoms in total. The van der Waals surface area contributed by atoms with Crippen LogP contribution in [-0.4, -0.2) is 24.5 Å². The second kappa shape index (κ2) is 5.94. The van der Waals surface area contributed by atoms with Crippen LogP contribution in [0, 0.1) is 6.92 Å². The van der Waals surface area contributed by atoms with Crippen molar-refractivity contribution in [2.45, 2.75) is 31.6 Å². The molecule has 0 spiro atoms. The number of hydrogen-bond acceptors (Lipinski definition) is 4. The Hall–Kier alpha value is -2.34. The van der Waals surface area contributed by atoms with Crippen LogP contribution in [0.5, 0.6) is 5.75 Å². The van der Waals surface area contributed by atoms with E-state index in [1.54, 1.807) is 37.6 Å². The highest BCUT2D eigenvalue weighted by Crippen LogP contribution is 2.31. The summed E-state index contributed by atoms with van der Waals surface area (Å²) in [4.78, 5) is 4.57. The molecule has 0 aliphatic carbocycles. The molecule has 0 saturated heterocycles. The third kappa shape index (κ3) is 2.67. The van der Waals surface area contributed by atoms with Crippen molar-refractivity contribution in [3.8, 4) is 5.75 Å². The maximum Gasteiger partial charge on any atom is 0.269 e. The van der Waals surface area contributed by atoms with Gasteiger partial charge in [0.25, 0.3) is 10.0 Å². The number of fused-ring (bicyclic) bond motifs is 1. The molecule has 3 aromatic rings. The molecule has 1 aromatic carbocycles. The highest BCUT2D eigenvalue weighted by atomic mass is 32.2. The zero-order valence-corrected chi connectivity index (χ0v) is 15.0. The number of nitrogens with zero attached hydrogens (tertiary/aromatic N) is 2. The van der Waals surface area contributed by atoms with Gasteiger partial charge in [0, 0.05) is 11.6 Å². The minimum absolute atomic E-state index is 0.163. The molecule has 0 fully saturated rings. The SMILES string of the molecule is COc1cnc2c(c1)c(C(C)C)cn2S(=O)(=O)c1ccc(C)cc1. The maximum absolute atomic E-state index is 13.0. The van der Waals surface area contributed by atoms with E-state index in [1.165, 1.54) is 10.2 Å². The summed E-state index contributed by atoms with van der Waals surface area (Å²) in [5.41, 5.74) is 2.35. The van der Waals surface area contributed by atoms with Gasteiger partial charge in [0.05, 0.1) is 18.2 Å². The number of aryl methyl sites for hydroxylation is 1. The summed E-state index contributed by atoms with van der Waals surface area (Å²) >= 11 is 0. The van der Waals surface area contributed by atoms with Gasteiger partial charge in [0.1, 0.15) is 5.75 Å². The van der Waals surface area contributed by atoms with E-state index in [1.807, 2.05) is 26.8 Å². The van der Waals surface area contributed by atoms with Gasteiger partial charge in [0.2, 0.25) is 0 Å². The van der Waals surface area contributed by atoms with Gasteiger partial charge in [-0.1, -0.05) is 31.5 Å². The van der Waals surface area contributed by atoms with E-state index < -0.39 is 10.0 Å². The fraction of sp³-hybridized carbons (Fsp3) is 0.278. The predicted octanol–water partition coefficient (Wildman–Crippen LogP) is 3.71. The molecule has 0 aliphatic rings. The van der Waals surface area contributed by atoms with Crippen LogP contribution in [-0.2, 0) is 10.0 Å². The van der Waals surface area contributed by atoms with Crippen molar-refractivity contribution in [1.29, 1.82) is 0 Å². The highest BCUT2D eigenvalue weighted by Gasteiger charge is 2.23. The van der Waals surface area contributed by atoms with Crippen LogP contribution in [0.15, 0.2) is 47.6 Å². The summed E-state index contributed by atoms with van der Waals surface area (Å²) in [6.07, 6.45) is 3.20. The molecule has 2 aromatic heterocycles. The fourth-order valence-corrected chi connectivity index (χ4v) is 3.99. The molecule has 2 heterocycles. The maximum atomic E-state index is 13.0. The van der Waals surface area contributed by atoms with Gasteiger partial charge in [-0.15, -0.1) is 0 Å². The summed E-state index contributed by atoms with van der Waals surface area (Å²) in [7, 11) is -2.13. The lowest BCUT2D eigenvalue weighted by atomic mass is 10.0. The zero-order valence-electron chi connectivity index (χ0n) is 14.1. The van der Waals surface area contributed by atoms with E-state index in [4.69, 9.17) is 4.74 Å². The predicted molar refractivity (Wildman–Crippen MR) is 94.1 cm³/mol. The van der Waals surface area contributed by atoms with Crippen molar-refractivity contribution in [2.75, 3.05) is 7.11 Å². The summed E-state index contributed by atoms with van der Waals surface area (Å²) in [6.45, 7) is 5.97. The lowest BCUT2D eigenvalue weighted by molar-refractivity contribution is 0.413. The minimum atomic E-state index is -3.70. The third-order valence-corrected chi connectivity index (χ3v) is 5.72. The molecule has 0 amide bonds. The molecular weight excluding hydrogens is 324 g/mol. The second-order valence-corrected chi connectivity index (χ2v) is 7.91. The summed E-state index contributed by atoms with van der Waals surface area (Å²) in [6, 6.07) is 8.65. The Morgan fingerprint density at radius 1 is 1.17 bits per heavy atom. The molecule has 0 bridgehead atoms. The zero-order chi connectivity index (χ0) is 17.5. The van der Waals surface area contributed by atoms with Gasteiger partial charge in [-0.05, 0) is 36.6 Å². The lowest BCUT2D eigenvalue weighted by Gasteiger charge is -2.07. The number of methoxy groups -OCH3 is 1. The molecule has 126 valence electrons. The molecule has 0 atom stereocenters. The number of benzene rings is 1. The van der Waals surface area contributed by atoms with Crippen LogP contribution in [0.3, 0.4) is 0 Å². The quantitative estimate of drug-likeness (QED) is 0.724. The van der Waals surface area contributed by atoms with Crippen LogP contribution in [0.4, 0.5) is 0 Å². The first-order chi connectivity index (χ1) is 11.3. The van der Waals surface area contributed by atoms with Crippen LogP contribution >= 0.6 is 0 Å². The minimum Gasteiger partial charge on any atom is -0.495 e. The summed E-state index contributed by atoms with van der Waals surface area (Å²) in [5, 5.41) is 0.792. The topological polar surface area (TPSA) is 61.2 Å². The number of ether oxygens (including phenoxy) is 1. The summed E-state index contributed by atoms with van der Waals surface area (Å²) in [5.74, 6) is 0.769. The second-order valence-electron chi connectivity index (χ2n) is 6.10. The average molecular weight is 344 g/mol. The standard InChI is InChI=1S/C18H20N2O3S/c1-12(2)17-11-20(18-16(17)9-14(23-4)10-19-18)24(21,22)15-7-5-13(3)6-8-15/h5-12H,1-4H3. The molecule has 0 radical (unpaired) electrons. The van der Waals surface area contributed by atoms with Gasteiger partial charge in [-0.2, -0.15) is 0 Å². The molecule has 6 heteroatoms. The first-order valence-corrected chi connectivity index (χ1v) is 9.16. The Balaban J connectivity index is 2.28. The number of aromatic nitrogens is 2. The van der Waals surface area contributed by atoms with Crippen LogP contribution in [0.25, 0.3) is 11.0 Å². The van der Waals surface area contributed by atoms with Gasteiger partial charge in [-0.25, -0.2) is 17.4 Å². The number of hydrogen-bond donors (Lipinski definition) is 0. The van der Waals surface area contributed by atoms with Crippen molar-refractivity contribution in [3.63, 3.8) is 0 Å². The Morgan fingerprint density at radius 2 is 1.83 bits per heavy atom. The first kappa shape index (κ1) is 16.5. The third-order valence-electron chi connectivity index (χ3n) is 4.05. The van der Waals surface area contributed by atoms with Crippen LogP contribution in [0.1, 0.15) is 30.9 Å². The van der Waals surface area contributed by atoms with Crippen LogP contribution in [0.2, 0.25) is 0 Å². The smallest absolute Gasteiger partial charge is 0.269 e. The molecule has 24 heavy (non-hydrogen) atoms. The van der Waals surface area contributed by atoms with Crippen molar-refractivity contribution in [2.24, 2.45) is 0 Å². The lowest BCUT2D eigenvalue weighted by Crippen LogP contribution is -2.12. The molecular formula is C18H20N2O3S. The number of pyridine rings is 1. The van der Waals surface area contributed by atoms with E-state index in [0.29, 0.717) is 11.4 Å². The molecule has 0 saturated carbocycles. The van der Waals surface area contributed by atoms with Gasteiger partial charge >= 0.3 is 0 Å². The largest absolute Gasteiger partial charge is 0.495 e.